The van der Waals surface area contributed by atoms with Crippen LogP contribution < -0.4 is 5.32 Å². The molecule has 132 valence electrons. The molecule has 2 amide bonds. The van der Waals surface area contributed by atoms with E-state index >= 15 is 0 Å². The van der Waals surface area contributed by atoms with Crippen molar-refractivity contribution < 1.29 is 23.5 Å². The lowest BCUT2D eigenvalue weighted by molar-refractivity contribution is -0.129. The van der Waals surface area contributed by atoms with Crippen molar-refractivity contribution in [2.24, 2.45) is 0 Å². The minimum absolute atomic E-state index is 0.0234. The Labute approximate surface area is 156 Å². The molecule has 0 bridgehead atoms. The fourth-order valence-electron chi connectivity index (χ4n) is 2.68. The standard InChI is InChI=1S/C16H15BrN2O5S/c1-8(20)19-6-5-9-11(7-19)25-15(13(9)16(22)23-2)18-14(21)10-3-4-12(17)24-10/h3-4H,5-7H2,1-2H3,(H,18,21). The Morgan fingerprint density at radius 2 is 2.12 bits per heavy atom. The third-order valence-electron chi connectivity index (χ3n) is 3.92. The number of rotatable bonds is 3. The third kappa shape index (κ3) is 3.47. The molecule has 25 heavy (non-hydrogen) atoms. The van der Waals surface area contributed by atoms with Crippen molar-refractivity contribution in [1.29, 1.82) is 0 Å². The molecule has 9 heteroatoms. The van der Waals surface area contributed by atoms with Gasteiger partial charge in [0.15, 0.2) is 10.4 Å². The second-order valence-electron chi connectivity index (χ2n) is 5.45. The zero-order valence-electron chi connectivity index (χ0n) is 13.6. The number of hydrogen-bond donors (Lipinski definition) is 1. The van der Waals surface area contributed by atoms with E-state index in [0.29, 0.717) is 34.7 Å². The van der Waals surface area contributed by atoms with Crippen LogP contribution in [-0.2, 0) is 22.5 Å². The average molecular weight is 427 g/mol. The summed E-state index contributed by atoms with van der Waals surface area (Å²) in [5, 5.41) is 3.12. The van der Waals surface area contributed by atoms with Crippen LogP contribution in [0.3, 0.4) is 0 Å². The van der Waals surface area contributed by atoms with E-state index in [1.165, 1.54) is 31.4 Å². The largest absolute Gasteiger partial charge is 0.465 e. The van der Waals surface area contributed by atoms with Gasteiger partial charge in [0.05, 0.1) is 19.2 Å². The molecule has 2 aromatic heterocycles. The number of hydrogen-bond acceptors (Lipinski definition) is 6. The first-order valence-corrected chi connectivity index (χ1v) is 9.06. The molecular weight excluding hydrogens is 412 g/mol. The van der Waals surface area contributed by atoms with Crippen LogP contribution in [-0.4, -0.2) is 36.3 Å². The van der Waals surface area contributed by atoms with Crippen LogP contribution in [0.2, 0.25) is 0 Å². The van der Waals surface area contributed by atoms with Crippen molar-refractivity contribution in [3.8, 4) is 0 Å². The second-order valence-corrected chi connectivity index (χ2v) is 7.33. The van der Waals surface area contributed by atoms with E-state index in [0.717, 1.165) is 10.4 Å². The molecule has 0 atom stereocenters. The molecule has 1 N–H and O–H groups in total. The molecule has 0 unspecified atom stereocenters. The molecule has 1 aliphatic heterocycles. The Balaban J connectivity index is 1.94. The number of carbonyl (C=O) groups excluding carboxylic acids is 3. The summed E-state index contributed by atoms with van der Waals surface area (Å²) in [6, 6.07) is 3.14. The molecule has 3 heterocycles. The van der Waals surface area contributed by atoms with E-state index in [-0.39, 0.29) is 11.7 Å². The van der Waals surface area contributed by atoms with Gasteiger partial charge in [-0.05, 0) is 40.0 Å². The highest BCUT2D eigenvalue weighted by Crippen LogP contribution is 2.38. The summed E-state index contributed by atoms with van der Waals surface area (Å²) in [6.45, 7) is 2.46. The zero-order chi connectivity index (χ0) is 18.1. The molecule has 0 fully saturated rings. The summed E-state index contributed by atoms with van der Waals surface area (Å²) in [5.41, 5.74) is 1.18. The van der Waals surface area contributed by atoms with Gasteiger partial charge in [-0.3, -0.25) is 9.59 Å². The van der Waals surface area contributed by atoms with Crippen molar-refractivity contribution in [1.82, 2.24) is 4.90 Å². The third-order valence-corrected chi connectivity index (χ3v) is 5.47. The molecule has 0 aromatic carbocycles. The van der Waals surface area contributed by atoms with E-state index in [1.54, 1.807) is 11.0 Å². The Hall–Kier alpha value is -2.13. The summed E-state index contributed by atoms with van der Waals surface area (Å²) < 4.78 is 10.5. The van der Waals surface area contributed by atoms with E-state index in [4.69, 9.17) is 9.15 Å². The highest BCUT2D eigenvalue weighted by molar-refractivity contribution is 9.10. The van der Waals surface area contributed by atoms with Crippen molar-refractivity contribution in [3.63, 3.8) is 0 Å². The Bertz CT molecular complexity index is 857. The maximum absolute atomic E-state index is 12.3. The molecule has 0 aliphatic carbocycles. The van der Waals surface area contributed by atoms with E-state index < -0.39 is 11.9 Å². The molecule has 0 saturated carbocycles. The number of thiophene rings is 1. The monoisotopic (exact) mass is 426 g/mol. The molecular formula is C16H15BrN2O5S. The van der Waals surface area contributed by atoms with Crippen LogP contribution in [0.15, 0.2) is 21.2 Å². The first kappa shape index (κ1) is 17.7. The summed E-state index contributed by atoms with van der Waals surface area (Å²) in [5.74, 6) is -0.869. The minimum atomic E-state index is -0.510. The molecule has 2 aromatic rings. The first-order valence-electron chi connectivity index (χ1n) is 7.45. The van der Waals surface area contributed by atoms with Crippen LogP contribution in [0.4, 0.5) is 5.00 Å². The molecule has 0 radical (unpaired) electrons. The minimum Gasteiger partial charge on any atom is -0.465 e. The normalized spacial score (nSPS) is 13.3. The maximum Gasteiger partial charge on any atom is 0.341 e. The lowest BCUT2D eigenvalue weighted by atomic mass is 10.0. The van der Waals surface area contributed by atoms with Crippen LogP contribution >= 0.6 is 27.3 Å². The lowest BCUT2D eigenvalue weighted by Crippen LogP contribution is -2.33. The molecule has 3 rings (SSSR count). The Kier molecular flexibility index (Phi) is 4.96. The topological polar surface area (TPSA) is 88.8 Å². The maximum atomic E-state index is 12.3. The number of methoxy groups -OCH3 is 1. The fraction of sp³-hybridized carbons (Fsp3) is 0.312. The van der Waals surface area contributed by atoms with Gasteiger partial charge in [-0.25, -0.2) is 4.79 Å². The number of ether oxygens (including phenoxy) is 1. The smallest absolute Gasteiger partial charge is 0.341 e. The number of amides is 2. The highest BCUT2D eigenvalue weighted by Gasteiger charge is 2.30. The van der Waals surface area contributed by atoms with E-state index in [9.17, 15) is 14.4 Å². The number of furan rings is 1. The SMILES string of the molecule is COC(=O)c1c(NC(=O)c2ccc(Br)o2)sc2c1CCN(C(C)=O)C2. The average Bonchev–Trinajstić information content (AvgIpc) is 3.16. The molecule has 0 saturated heterocycles. The number of anilines is 1. The van der Waals surface area contributed by atoms with Crippen molar-refractivity contribution >= 4 is 50.1 Å². The summed E-state index contributed by atoms with van der Waals surface area (Å²) in [6.07, 6.45) is 0.540. The molecule has 7 nitrogen and oxygen atoms in total. The first-order chi connectivity index (χ1) is 11.9. The van der Waals surface area contributed by atoms with E-state index in [2.05, 4.69) is 21.2 Å². The number of nitrogens with zero attached hydrogens (tertiary/aromatic N) is 1. The number of halogens is 1. The van der Waals surface area contributed by atoms with E-state index in [1.807, 2.05) is 0 Å². The quantitative estimate of drug-likeness (QED) is 0.761. The lowest BCUT2D eigenvalue weighted by Gasteiger charge is -2.25. The zero-order valence-corrected chi connectivity index (χ0v) is 16.0. The second kappa shape index (κ2) is 7.01. The van der Waals surface area contributed by atoms with Gasteiger partial charge in [0.25, 0.3) is 5.91 Å². The Morgan fingerprint density at radius 1 is 1.36 bits per heavy atom. The number of fused-ring (bicyclic) bond motifs is 1. The van der Waals surface area contributed by atoms with Crippen LogP contribution in [0.1, 0.15) is 38.3 Å². The summed E-state index contributed by atoms with van der Waals surface area (Å²) in [4.78, 5) is 38.8. The predicted octanol–water partition coefficient (Wildman–Crippen LogP) is 3.05. The van der Waals surface area contributed by atoms with Crippen molar-refractivity contribution in [2.75, 3.05) is 19.0 Å². The number of carbonyl (C=O) groups is 3. The van der Waals surface area contributed by atoms with Crippen LogP contribution in [0.5, 0.6) is 0 Å². The number of nitrogens with one attached hydrogen (secondary N) is 1. The number of esters is 1. The van der Waals surface area contributed by atoms with Crippen LogP contribution in [0.25, 0.3) is 0 Å². The van der Waals surface area contributed by atoms with Gasteiger partial charge >= 0.3 is 5.97 Å². The van der Waals surface area contributed by atoms with Gasteiger partial charge in [0.1, 0.15) is 5.00 Å². The van der Waals surface area contributed by atoms with Crippen molar-refractivity contribution in [2.45, 2.75) is 19.9 Å². The van der Waals surface area contributed by atoms with Gasteiger partial charge < -0.3 is 19.4 Å². The fourth-order valence-corrected chi connectivity index (χ4v) is 4.23. The summed E-state index contributed by atoms with van der Waals surface area (Å²) >= 11 is 4.42. The van der Waals surface area contributed by atoms with Gasteiger partial charge in [0, 0.05) is 18.3 Å². The predicted molar refractivity (Wildman–Crippen MR) is 94.8 cm³/mol. The molecule has 0 spiro atoms. The van der Waals surface area contributed by atoms with Gasteiger partial charge in [-0.2, -0.15) is 0 Å². The van der Waals surface area contributed by atoms with Gasteiger partial charge in [-0.1, -0.05) is 0 Å². The van der Waals surface area contributed by atoms with Crippen LogP contribution in [0, 0.1) is 0 Å². The summed E-state index contributed by atoms with van der Waals surface area (Å²) in [7, 11) is 1.30. The Morgan fingerprint density at radius 3 is 2.72 bits per heavy atom. The van der Waals surface area contributed by atoms with Gasteiger partial charge in [-0.15, -0.1) is 11.3 Å². The molecule has 1 aliphatic rings. The highest BCUT2D eigenvalue weighted by atomic mass is 79.9. The van der Waals surface area contributed by atoms with Crippen molar-refractivity contribution in [3.05, 3.63) is 38.6 Å². The van der Waals surface area contributed by atoms with Gasteiger partial charge in [0.2, 0.25) is 5.91 Å².